The number of aliphatic hydroxyl groups excluding tert-OH is 2. The van der Waals surface area contributed by atoms with Gasteiger partial charge in [0.05, 0.1) is 12.2 Å². The zero-order valence-electron chi connectivity index (χ0n) is 13.9. The first-order valence-electron chi connectivity index (χ1n) is 8.56. The Morgan fingerprint density at radius 1 is 0.955 bits per heavy atom. The highest BCUT2D eigenvalue weighted by atomic mass is 16.3. The van der Waals surface area contributed by atoms with Gasteiger partial charge in [-0.2, -0.15) is 0 Å². The highest BCUT2D eigenvalue weighted by Crippen LogP contribution is 2.14. The summed E-state index contributed by atoms with van der Waals surface area (Å²) >= 11 is 0. The molecule has 2 atom stereocenters. The SMILES string of the molecule is CCCCCCCC(O)C(O)Cc1ccc(C(=O)CC)cc1. The van der Waals surface area contributed by atoms with Crippen molar-refractivity contribution in [3.8, 4) is 0 Å². The molecule has 0 radical (unpaired) electrons. The van der Waals surface area contributed by atoms with E-state index in [0.717, 1.165) is 18.4 Å². The first-order chi connectivity index (χ1) is 10.6. The Kier molecular flexibility index (Phi) is 9.02. The number of unbranched alkanes of at least 4 members (excludes halogenated alkanes) is 4. The number of rotatable bonds is 11. The molecule has 3 nitrogen and oxygen atoms in total. The van der Waals surface area contributed by atoms with Crippen LogP contribution in [0.15, 0.2) is 24.3 Å². The number of hydrogen-bond acceptors (Lipinski definition) is 3. The lowest BCUT2D eigenvalue weighted by molar-refractivity contribution is 0.0137. The minimum atomic E-state index is -0.737. The second-order valence-electron chi connectivity index (χ2n) is 6.02. The van der Waals surface area contributed by atoms with E-state index in [0.29, 0.717) is 24.8 Å². The average Bonchev–Trinajstić information content (AvgIpc) is 2.54. The molecule has 0 aromatic heterocycles. The van der Waals surface area contributed by atoms with Gasteiger partial charge in [-0.3, -0.25) is 4.79 Å². The largest absolute Gasteiger partial charge is 0.390 e. The van der Waals surface area contributed by atoms with E-state index in [1.807, 2.05) is 19.1 Å². The van der Waals surface area contributed by atoms with Gasteiger partial charge in [0.1, 0.15) is 0 Å². The summed E-state index contributed by atoms with van der Waals surface area (Å²) < 4.78 is 0. The number of carbonyl (C=O) groups is 1. The smallest absolute Gasteiger partial charge is 0.162 e. The fourth-order valence-electron chi connectivity index (χ4n) is 2.56. The second-order valence-corrected chi connectivity index (χ2v) is 6.02. The standard InChI is InChI=1S/C19H30O3/c1-3-5-6-7-8-9-18(21)19(22)14-15-10-12-16(13-11-15)17(20)4-2/h10-13,18-19,21-22H,3-9,14H2,1-2H3. The lowest BCUT2D eigenvalue weighted by atomic mass is 9.98. The van der Waals surface area contributed by atoms with Gasteiger partial charge < -0.3 is 10.2 Å². The summed E-state index contributed by atoms with van der Waals surface area (Å²) in [6.45, 7) is 4.02. The molecule has 0 aliphatic rings. The number of carbonyl (C=O) groups excluding carboxylic acids is 1. The molecule has 124 valence electrons. The van der Waals surface area contributed by atoms with E-state index < -0.39 is 12.2 Å². The minimum Gasteiger partial charge on any atom is -0.390 e. The second kappa shape index (κ2) is 10.5. The quantitative estimate of drug-likeness (QED) is 0.481. The lowest BCUT2D eigenvalue weighted by Gasteiger charge is -2.18. The molecule has 0 bridgehead atoms. The molecule has 0 aliphatic carbocycles. The zero-order chi connectivity index (χ0) is 16.4. The average molecular weight is 306 g/mol. The van der Waals surface area contributed by atoms with Gasteiger partial charge in [0.25, 0.3) is 0 Å². The predicted octanol–water partition coefficient (Wildman–Crippen LogP) is 3.90. The van der Waals surface area contributed by atoms with Crippen molar-refractivity contribution in [1.29, 1.82) is 0 Å². The summed E-state index contributed by atoms with van der Waals surface area (Å²) in [6.07, 6.45) is 5.90. The van der Waals surface area contributed by atoms with E-state index in [9.17, 15) is 15.0 Å². The Morgan fingerprint density at radius 3 is 2.18 bits per heavy atom. The number of hydrogen-bond donors (Lipinski definition) is 2. The maximum absolute atomic E-state index is 11.6. The van der Waals surface area contributed by atoms with E-state index in [-0.39, 0.29) is 5.78 Å². The summed E-state index contributed by atoms with van der Waals surface area (Å²) in [7, 11) is 0. The third-order valence-electron chi connectivity index (χ3n) is 4.09. The molecule has 0 saturated heterocycles. The molecular weight excluding hydrogens is 276 g/mol. The van der Waals surface area contributed by atoms with Crippen molar-refractivity contribution >= 4 is 5.78 Å². The Morgan fingerprint density at radius 2 is 1.59 bits per heavy atom. The number of benzene rings is 1. The van der Waals surface area contributed by atoms with Crippen LogP contribution in [0.25, 0.3) is 0 Å². The molecule has 0 aliphatic heterocycles. The summed E-state index contributed by atoms with van der Waals surface area (Å²) in [5, 5.41) is 20.1. The van der Waals surface area contributed by atoms with E-state index in [1.54, 1.807) is 12.1 Å². The molecule has 0 amide bonds. The van der Waals surface area contributed by atoms with Crippen molar-refractivity contribution in [2.45, 2.75) is 77.4 Å². The van der Waals surface area contributed by atoms with E-state index in [2.05, 4.69) is 6.92 Å². The summed E-state index contributed by atoms with van der Waals surface area (Å²) in [5.41, 5.74) is 1.65. The van der Waals surface area contributed by atoms with Crippen LogP contribution < -0.4 is 0 Å². The van der Waals surface area contributed by atoms with E-state index in [4.69, 9.17) is 0 Å². The molecule has 1 aromatic rings. The van der Waals surface area contributed by atoms with Gasteiger partial charge in [0, 0.05) is 18.4 Å². The molecule has 1 rings (SSSR count). The maximum atomic E-state index is 11.6. The van der Waals surface area contributed by atoms with Crippen molar-refractivity contribution in [3.63, 3.8) is 0 Å². The van der Waals surface area contributed by atoms with Crippen LogP contribution in [0.1, 0.15) is 74.7 Å². The van der Waals surface area contributed by atoms with Crippen molar-refractivity contribution < 1.29 is 15.0 Å². The van der Waals surface area contributed by atoms with Gasteiger partial charge in [0.15, 0.2) is 5.78 Å². The van der Waals surface area contributed by atoms with Crippen molar-refractivity contribution in [2.24, 2.45) is 0 Å². The minimum absolute atomic E-state index is 0.124. The Hall–Kier alpha value is -1.19. The zero-order valence-corrected chi connectivity index (χ0v) is 13.9. The Labute approximate surface area is 134 Å². The number of ketones is 1. The van der Waals surface area contributed by atoms with Crippen molar-refractivity contribution in [3.05, 3.63) is 35.4 Å². The molecule has 2 N–H and O–H groups in total. The van der Waals surface area contributed by atoms with Gasteiger partial charge >= 0.3 is 0 Å². The normalized spacial score (nSPS) is 13.8. The monoisotopic (exact) mass is 306 g/mol. The first-order valence-corrected chi connectivity index (χ1v) is 8.56. The molecular formula is C19H30O3. The van der Waals surface area contributed by atoms with E-state index >= 15 is 0 Å². The highest BCUT2D eigenvalue weighted by molar-refractivity contribution is 5.95. The van der Waals surface area contributed by atoms with Crippen LogP contribution in [0.5, 0.6) is 0 Å². The van der Waals surface area contributed by atoms with Crippen LogP contribution >= 0.6 is 0 Å². The van der Waals surface area contributed by atoms with Crippen LogP contribution in [0, 0.1) is 0 Å². The number of aliphatic hydroxyl groups is 2. The fourth-order valence-corrected chi connectivity index (χ4v) is 2.56. The third-order valence-corrected chi connectivity index (χ3v) is 4.09. The Balaban J connectivity index is 2.36. The highest BCUT2D eigenvalue weighted by Gasteiger charge is 2.16. The predicted molar refractivity (Wildman–Crippen MR) is 90.2 cm³/mol. The molecule has 22 heavy (non-hydrogen) atoms. The Bertz CT molecular complexity index is 425. The van der Waals surface area contributed by atoms with Crippen LogP contribution in [0.3, 0.4) is 0 Å². The summed E-state index contributed by atoms with van der Waals surface area (Å²) in [4.78, 5) is 11.6. The van der Waals surface area contributed by atoms with Crippen molar-refractivity contribution in [1.82, 2.24) is 0 Å². The van der Waals surface area contributed by atoms with Crippen LogP contribution in [0.4, 0.5) is 0 Å². The van der Waals surface area contributed by atoms with Crippen LogP contribution in [0.2, 0.25) is 0 Å². The number of Topliss-reactive ketones (excluding diaryl/α,β-unsaturated/α-hetero) is 1. The van der Waals surface area contributed by atoms with Crippen LogP contribution in [-0.4, -0.2) is 28.2 Å². The third kappa shape index (κ3) is 6.71. The van der Waals surface area contributed by atoms with Gasteiger partial charge in [0.2, 0.25) is 0 Å². The topological polar surface area (TPSA) is 57.5 Å². The van der Waals surface area contributed by atoms with Gasteiger partial charge in [-0.25, -0.2) is 0 Å². The molecule has 0 heterocycles. The first kappa shape index (κ1) is 18.9. The molecule has 1 aromatic carbocycles. The maximum Gasteiger partial charge on any atom is 0.162 e. The van der Waals surface area contributed by atoms with E-state index in [1.165, 1.54) is 19.3 Å². The van der Waals surface area contributed by atoms with Crippen molar-refractivity contribution in [2.75, 3.05) is 0 Å². The molecule has 3 heteroatoms. The van der Waals surface area contributed by atoms with Gasteiger partial charge in [-0.1, -0.05) is 70.2 Å². The fraction of sp³-hybridized carbons (Fsp3) is 0.632. The van der Waals surface area contributed by atoms with Crippen LogP contribution in [-0.2, 0) is 6.42 Å². The van der Waals surface area contributed by atoms with Gasteiger partial charge in [-0.05, 0) is 12.0 Å². The molecule has 0 spiro atoms. The summed E-state index contributed by atoms with van der Waals surface area (Å²) in [5.74, 6) is 0.124. The molecule has 2 unspecified atom stereocenters. The molecule has 0 saturated carbocycles. The molecule has 0 fully saturated rings. The lowest BCUT2D eigenvalue weighted by Crippen LogP contribution is -2.27. The summed E-state index contributed by atoms with van der Waals surface area (Å²) in [6, 6.07) is 7.32. The van der Waals surface area contributed by atoms with Gasteiger partial charge in [-0.15, -0.1) is 0 Å².